The average Bonchev–Trinajstić information content (AvgIpc) is 2.65. The number of carbonyl (C=O) groups is 2. The van der Waals surface area contributed by atoms with Gasteiger partial charge >= 0.3 is 11.9 Å². The van der Waals surface area contributed by atoms with Crippen LogP contribution in [0.5, 0.6) is 0 Å². The fraction of sp³-hybridized carbons (Fsp3) is 0.778. The minimum atomic E-state index is -2.47. The Balaban J connectivity index is 7.00. The van der Waals surface area contributed by atoms with Crippen LogP contribution in [0, 0.1) is 11.8 Å². The summed E-state index contributed by atoms with van der Waals surface area (Å²) in [7, 11) is -4.88. The summed E-state index contributed by atoms with van der Waals surface area (Å²) in [5.41, 5.74) is 0. The zero-order valence-electron chi connectivity index (χ0n) is 24.8. The Morgan fingerprint density at radius 3 is 1.64 bits per heavy atom. The van der Waals surface area contributed by atoms with Crippen LogP contribution < -0.4 is 0 Å². The van der Waals surface area contributed by atoms with E-state index in [2.05, 4.69) is 86.2 Å². The zero-order chi connectivity index (χ0) is 28.7. The number of ether oxygens (including phenoxy) is 2. The second-order valence-electron chi connectivity index (χ2n) is 12.4. The Morgan fingerprint density at radius 1 is 0.861 bits per heavy atom. The summed E-state index contributed by atoms with van der Waals surface area (Å²) < 4.78 is 25.0. The van der Waals surface area contributed by atoms with E-state index in [0.717, 1.165) is 0 Å². The Kier molecular flexibility index (Phi) is 12.8. The topological polar surface area (TPSA) is 91.3 Å². The molecule has 0 bridgehead atoms. The molecule has 5 atom stereocenters. The highest BCUT2D eigenvalue weighted by molar-refractivity contribution is 6.74. The molecule has 7 nitrogen and oxygen atoms in total. The summed E-state index contributed by atoms with van der Waals surface area (Å²) in [6.45, 7) is 29.1. The molecule has 0 heterocycles. The van der Waals surface area contributed by atoms with Gasteiger partial charge in [0.05, 0.1) is 0 Å². The minimum absolute atomic E-state index is 0.147. The third-order valence-corrected chi connectivity index (χ3v) is 15.9. The Hall–Kier alpha value is -1.45. The smallest absolute Gasteiger partial charge is 0.303 e. The lowest BCUT2D eigenvalue weighted by Gasteiger charge is -2.47. The van der Waals surface area contributed by atoms with Crippen LogP contribution in [-0.2, 0) is 27.9 Å². The maximum Gasteiger partial charge on any atom is 0.303 e. The first-order chi connectivity index (χ1) is 16.1. The summed E-state index contributed by atoms with van der Waals surface area (Å²) in [6.07, 6.45) is -2.52. The van der Waals surface area contributed by atoms with Crippen LogP contribution in [0.25, 0.3) is 0 Å². The number of aliphatic hydroxyl groups is 1. The molecule has 0 aromatic heterocycles. The first-order valence-corrected chi connectivity index (χ1v) is 18.4. The van der Waals surface area contributed by atoms with Crippen LogP contribution in [0.1, 0.15) is 68.7 Å². The number of hydrogen-bond donors (Lipinski definition) is 1. The summed E-state index contributed by atoms with van der Waals surface area (Å²) in [6, 6.07) is 0. The fourth-order valence-electron chi connectivity index (χ4n) is 2.85. The SMILES string of the molecule is C=CC[C@@H](O)C#C[C@@H](OC(C)=O)[C@@H](O[Si](C)(C)C(C)(C)C)[C@@H](O[Si](C)(C)C(C)(C)C)[C@H](C)OC(C)=O. The lowest BCUT2D eigenvalue weighted by atomic mass is 10.0. The van der Waals surface area contributed by atoms with Crippen molar-refractivity contribution in [3.8, 4) is 11.8 Å². The van der Waals surface area contributed by atoms with Gasteiger partial charge in [-0.05, 0) is 43.2 Å². The molecule has 0 saturated heterocycles. The number of hydrogen-bond acceptors (Lipinski definition) is 7. The van der Waals surface area contributed by atoms with Gasteiger partial charge in [0.1, 0.15) is 24.4 Å². The van der Waals surface area contributed by atoms with Gasteiger partial charge in [-0.25, -0.2) is 0 Å². The Labute approximate surface area is 221 Å². The van der Waals surface area contributed by atoms with E-state index in [9.17, 15) is 14.7 Å². The Bertz CT molecular complexity index is 813. The molecular formula is C27H50O7Si2. The maximum atomic E-state index is 12.2. The molecule has 208 valence electrons. The third kappa shape index (κ3) is 10.9. The number of rotatable bonds is 11. The summed E-state index contributed by atoms with van der Waals surface area (Å²) >= 11 is 0. The van der Waals surface area contributed by atoms with Gasteiger partial charge < -0.3 is 23.4 Å². The van der Waals surface area contributed by atoms with E-state index < -0.39 is 59.1 Å². The van der Waals surface area contributed by atoms with Crippen LogP contribution in [0.2, 0.25) is 36.3 Å². The fourth-order valence-corrected chi connectivity index (χ4v) is 5.50. The number of esters is 2. The monoisotopic (exact) mass is 542 g/mol. The molecule has 0 radical (unpaired) electrons. The molecule has 36 heavy (non-hydrogen) atoms. The van der Waals surface area contributed by atoms with E-state index in [1.807, 2.05) is 0 Å². The van der Waals surface area contributed by atoms with E-state index in [1.165, 1.54) is 13.8 Å². The molecule has 0 aliphatic rings. The van der Waals surface area contributed by atoms with Crippen molar-refractivity contribution < 1.29 is 33.0 Å². The van der Waals surface area contributed by atoms with Crippen molar-refractivity contribution in [2.75, 3.05) is 0 Å². The summed E-state index contributed by atoms with van der Waals surface area (Å²) in [5.74, 6) is 4.70. The lowest BCUT2D eigenvalue weighted by molar-refractivity contribution is -0.163. The second-order valence-corrected chi connectivity index (χ2v) is 21.9. The molecule has 0 aliphatic carbocycles. The van der Waals surface area contributed by atoms with E-state index >= 15 is 0 Å². The van der Waals surface area contributed by atoms with Gasteiger partial charge in [0.25, 0.3) is 0 Å². The lowest BCUT2D eigenvalue weighted by Crippen LogP contribution is -2.59. The molecule has 0 aliphatic heterocycles. The van der Waals surface area contributed by atoms with Crippen LogP contribution in [-0.4, -0.2) is 64.2 Å². The van der Waals surface area contributed by atoms with Gasteiger partial charge in [-0.15, -0.1) is 6.58 Å². The van der Waals surface area contributed by atoms with Gasteiger partial charge in [0, 0.05) is 20.3 Å². The third-order valence-electron chi connectivity index (χ3n) is 6.99. The predicted octanol–water partition coefficient (Wildman–Crippen LogP) is 5.59. The van der Waals surface area contributed by atoms with Crippen molar-refractivity contribution in [2.45, 2.75) is 136 Å². The molecule has 9 heteroatoms. The molecule has 0 amide bonds. The van der Waals surface area contributed by atoms with E-state index in [-0.39, 0.29) is 16.5 Å². The molecule has 1 N–H and O–H groups in total. The highest BCUT2D eigenvalue weighted by Gasteiger charge is 2.49. The molecule has 0 rings (SSSR count). The van der Waals surface area contributed by atoms with Crippen molar-refractivity contribution in [1.82, 2.24) is 0 Å². The van der Waals surface area contributed by atoms with Crippen LogP contribution >= 0.6 is 0 Å². The van der Waals surface area contributed by atoms with Crippen molar-refractivity contribution in [3.05, 3.63) is 12.7 Å². The minimum Gasteiger partial charge on any atom is -0.460 e. The van der Waals surface area contributed by atoms with Crippen LogP contribution in [0.4, 0.5) is 0 Å². The average molecular weight is 543 g/mol. The number of aliphatic hydroxyl groups excluding tert-OH is 1. The van der Waals surface area contributed by atoms with Gasteiger partial charge in [-0.2, -0.15) is 0 Å². The predicted molar refractivity (Wildman–Crippen MR) is 150 cm³/mol. The normalized spacial score (nSPS) is 17.1. The van der Waals surface area contributed by atoms with Crippen LogP contribution in [0.3, 0.4) is 0 Å². The van der Waals surface area contributed by atoms with Crippen molar-refractivity contribution in [2.24, 2.45) is 0 Å². The van der Waals surface area contributed by atoms with Gasteiger partial charge in [-0.3, -0.25) is 9.59 Å². The van der Waals surface area contributed by atoms with E-state index in [0.29, 0.717) is 0 Å². The largest absolute Gasteiger partial charge is 0.460 e. The van der Waals surface area contributed by atoms with Gasteiger partial charge in [-0.1, -0.05) is 59.5 Å². The molecular weight excluding hydrogens is 492 g/mol. The highest BCUT2D eigenvalue weighted by atomic mass is 28.4. The van der Waals surface area contributed by atoms with E-state index in [4.69, 9.17) is 18.3 Å². The Morgan fingerprint density at radius 2 is 1.28 bits per heavy atom. The quantitative estimate of drug-likeness (QED) is 0.157. The molecule has 0 aromatic rings. The summed E-state index contributed by atoms with van der Waals surface area (Å²) in [4.78, 5) is 24.1. The van der Waals surface area contributed by atoms with Crippen molar-refractivity contribution >= 4 is 28.6 Å². The molecule has 0 saturated carbocycles. The van der Waals surface area contributed by atoms with Crippen molar-refractivity contribution in [3.63, 3.8) is 0 Å². The summed E-state index contributed by atoms with van der Waals surface area (Å²) in [5, 5.41) is 9.90. The second kappa shape index (κ2) is 13.4. The van der Waals surface area contributed by atoms with Crippen LogP contribution in [0.15, 0.2) is 12.7 Å². The molecule has 0 spiro atoms. The van der Waals surface area contributed by atoms with Crippen molar-refractivity contribution in [1.29, 1.82) is 0 Å². The first kappa shape index (κ1) is 34.6. The van der Waals surface area contributed by atoms with E-state index in [1.54, 1.807) is 13.0 Å². The maximum absolute atomic E-state index is 12.2. The first-order valence-electron chi connectivity index (χ1n) is 12.6. The highest BCUT2D eigenvalue weighted by Crippen LogP contribution is 2.41. The standard InChI is InChI=1S/C27H50O7Si2/c1-15-16-22(30)17-18-23(32-21(4)29)25(34-36(13,14)27(8,9)10)24(19(2)31-20(3)28)33-35(11,12)26(5,6)7/h15,19,22-25,30H,1,16H2,2-14H3/t19-,22+,23+,24-,25+/m0/s1. The zero-order valence-corrected chi connectivity index (χ0v) is 26.8. The van der Waals surface area contributed by atoms with Gasteiger partial charge in [0.2, 0.25) is 0 Å². The molecule has 0 aromatic carbocycles. The molecule has 0 fully saturated rings. The number of carbonyl (C=O) groups excluding carboxylic acids is 2. The molecule has 0 unspecified atom stereocenters. The van der Waals surface area contributed by atoms with Gasteiger partial charge in [0.15, 0.2) is 22.7 Å².